The van der Waals surface area contributed by atoms with E-state index < -0.39 is 100 Å². The van der Waals surface area contributed by atoms with E-state index in [1.54, 1.807) is 4.98 Å². The van der Waals surface area contributed by atoms with E-state index in [1.165, 1.54) is 0 Å². The molecule has 1 aromatic rings. The van der Waals surface area contributed by atoms with E-state index in [1.807, 2.05) is 0 Å². The second-order valence-electron chi connectivity index (χ2n) is 8.07. The molecular formula is C15H21N5O18P2. The molecule has 2 fully saturated rings. The van der Waals surface area contributed by atoms with Crippen LogP contribution < -0.4 is 11.2 Å². The molecule has 2 aliphatic rings. The minimum Gasteiger partial charge on any atom is -0.479 e. The molecule has 23 nitrogen and oxygen atoms in total. The zero-order chi connectivity index (χ0) is 30.2. The van der Waals surface area contributed by atoms with Crippen LogP contribution in [-0.2, 0) is 36.8 Å². The van der Waals surface area contributed by atoms with Gasteiger partial charge in [-0.15, -0.1) is 0 Å². The summed E-state index contributed by atoms with van der Waals surface area (Å²) in [5.41, 5.74) is 5.62. The zero-order valence-corrected chi connectivity index (χ0v) is 21.1. The number of carboxylic acids is 1. The molecule has 9 N–H and O–H groups in total. The van der Waals surface area contributed by atoms with Gasteiger partial charge in [0.05, 0.1) is 6.61 Å². The van der Waals surface area contributed by atoms with Crippen molar-refractivity contribution in [3.8, 4) is 0 Å². The van der Waals surface area contributed by atoms with Gasteiger partial charge in [-0.25, -0.2) is 18.7 Å². The van der Waals surface area contributed by atoms with Crippen LogP contribution in [0.2, 0.25) is 0 Å². The molecule has 2 unspecified atom stereocenters. The molecule has 224 valence electrons. The fourth-order valence-corrected chi connectivity index (χ4v) is 5.65. The van der Waals surface area contributed by atoms with Crippen molar-refractivity contribution in [2.45, 2.75) is 55.2 Å². The highest BCUT2D eigenvalue weighted by molar-refractivity contribution is 7.61. The van der Waals surface area contributed by atoms with Crippen LogP contribution in [0.25, 0.3) is 10.4 Å². The van der Waals surface area contributed by atoms with Gasteiger partial charge in [0.25, 0.3) is 5.56 Å². The van der Waals surface area contributed by atoms with Crippen molar-refractivity contribution in [3.63, 3.8) is 0 Å². The number of aromatic amines is 1. The summed E-state index contributed by atoms with van der Waals surface area (Å²) in [6.07, 6.45) is -18.1. The van der Waals surface area contributed by atoms with Gasteiger partial charge in [0.15, 0.2) is 18.6 Å². The Morgan fingerprint density at radius 3 is 2.30 bits per heavy atom. The first-order chi connectivity index (χ1) is 18.5. The van der Waals surface area contributed by atoms with Crippen LogP contribution in [0.3, 0.4) is 0 Å². The van der Waals surface area contributed by atoms with E-state index in [0.29, 0.717) is 10.8 Å². The quantitative estimate of drug-likeness (QED) is 0.0523. The summed E-state index contributed by atoms with van der Waals surface area (Å²) in [7, 11) is -11.4. The smallest absolute Gasteiger partial charge is 0.479 e. The number of nitrogens with zero attached hydrogens (tertiary/aromatic N) is 4. The number of hydrogen-bond donors (Lipinski definition) is 9. The largest absolute Gasteiger partial charge is 0.483 e. The first-order valence-electron chi connectivity index (χ1n) is 10.5. The van der Waals surface area contributed by atoms with Crippen LogP contribution in [0, 0.1) is 0 Å². The molecule has 0 aromatic carbocycles. The van der Waals surface area contributed by atoms with Gasteiger partial charge >= 0.3 is 27.3 Å². The monoisotopic (exact) mass is 622 g/mol. The minimum absolute atomic E-state index is 0.523. The number of aliphatic hydroxyl groups is 5. The van der Waals surface area contributed by atoms with Crippen molar-refractivity contribution in [2.24, 2.45) is 5.11 Å². The lowest BCUT2D eigenvalue weighted by Crippen LogP contribution is -2.60. The van der Waals surface area contributed by atoms with Gasteiger partial charge in [-0.1, -0.05) is 5.11 Å². The maximum atomic E-state index is 12.2. The Hall–Kier alpha value is -2.56. The second-order valence-corrected chi connectivity index (χ2v) is 11.1. The van der Waals surface area contributed by atoms with Gasteiger partial charge in [0, 0.05) is 11.1 Å². The molecule has 0 saturated carbocycles. The Labute approximate surface area is 219 Å². The standard InChI is InChI=1S/C15H21N5O18P2/c16-19-18-3-1-20(15(29)17-11(3)26)12-8(24)5(21)4(35-12)2-34-39(30,31)38-40(32,33)37-14-9(25)6(22)7(23)10(36-14)13(27)28/h1,4-10,12,14,21-25H,2H2,(H,27,28)(H,30,31)(H,32,33)(H,17,26,29)/t4-,5-,6+,7+,8-,9-,10+,12-,14-/m1/s1/i40+1. The number of carboxylic acid groups (broad SMARTS) is 1. The summed E-state index contributed by atoms with van der Waals surface area (Å²) in [6.45, 7) is -1.15. The highest BCUT2D eigenvalue weighted by Gasteiger charge is 2.51. The molecule has 1 aromatic heterocycles. The van der Waals surface area contributed by atoms with Gasteiger partial charge in [-0.3, -0.25) is 23.4 Å². The minimum atomic E-state index is -5.78. The number of rotatable bonds is 10. The number of carbonyl (C=O) groups is 1. The maximum absolute atomic E-state index is 12.2. The van der Waals surface area contributed by atoms with Gasteiger partial charge < -0.3 is 49.9 Å². The third-order valence-corrected chi connectivity index (χ3v) is 7.97. The van der Waals surface area contributed by atoms with Crippen molar-refractivity contribution >= 4 is 27.3 Å². The molecule has 25 heteroatoms. The van der Waals surface area contributed by atoms with E-state index in [0.717, 1.165) is 0 Å². The van der Waals surface area contributed by atoms with Crippen molar-refractivity contribution in [1.82, 2.24) is 9.55 Å². The van der Waals surface area contributed by atoms with Gasteiger partial charge in [-0.2, -0.15) is 4.31 Å². The number of aliphatic carboxylic acids is 1. The molecule has 0 bridgehead atoms. The Morgan fingerprint density at radius 1 is 1.05 bits per heavy atom. The normalized spacial score (nSPS) is 35.3. The van der Waals surface area contributed by atoms with Crippen molar-refractivity contribution in [1.29, 1.82) is 0 Å². The van der Waals surface area contributed by atoms with Crippen molar-refractivity contribution in [3.05, 3.63) is 37.5 Å². The average Bonchev–Trinajstić information content (AvgIpc) is 3.12. The number of aromatic nitrogens is 2. The molecule has 11 atom stereocenters. The highest BCUT2D eigenvalue weighted by Crippen LogP contribution is 2.61. The third-order valence-electron chi connectivity index (χ3n) is 5.37. The summed E-state index contributed by atoms with van der Waals surface area (Å²) in [4.78, 5) is 58.6. The Kier molecular flexibility index (Phi) is 9.69. The summed E-state index contributed by atoms with van der Waals surface area (Å²) in [5.74, 6) is -1.87. The topological polar surface area (TPSA) is 363 Å². The van der Waals surface area contributed by atoms with Gasteiger partial charge in [-0.05, 0) is 5.53 Å². The zero-order valence-electron chi connectivity index (χ0n) is 19.3. The van der Waals surface area contributed by atoms with Gasteiger partial charge in [0.1, 0.15) is 42.3 Å². The van der Waals surface area contributed by atoms with E-state index >= 15 is 0 Å². The number of aliphatic hydroxyl groups excluding tert-OH is 5. The number of phosphoric acid groups is 2. The summed E-state index contributed by atoms with van der Waals surface area (Å²) >= 11 is 0. The molecule has 0 radical (unpaired) electrons. The molecule has 2 saturated heterocycles. The lowest BCUT2D eigenvalue weighted by atomic mass is 9.99. The van der Waals surface area contributed by atoms with E-state index in [4.69, 9.17) is 15.4 Å². The molecule has 0 spiro atoms. The number of hydrogen-bond acceptors (Lipinski definition) is 16. The summed E-state index contributed by atoms with van der Waals surface area (Å²) in [6, 6.07) is 0. The van der Waals surface area contributed by atoms with Crippen LogP contribution in [-0.4, -0.2) is 112 Å². The molecule has 3 heterocycles. The molecule has 3 rings (SSSR count). The lowest BCUT2D eigenvalue weighted by Gasteiger charge is -2.38. The Balaban J connectivity index is 1.67. The first kappa shape index (κ1) is 32.0. The van der Waals surface area contributed by atoms with Crippen LogP contribution in [0.5, 0.6) is 0 Å². The molecular weight excluding hydrogens is 601 g/mol. The molecule has 0 amide bonds. The van der Waals surface area contributed by atoms with Crippen molar-refractivity contribution in [2.75, 3.05) is 6.61 Å². The fourth-order valence-electron chi connectivity index (χ4n) is 3.49. The van der Waals surface area contributed by atoms with Crippen LogP contribution >= 0.6 is 15.6 Å². The van der Waals surface area contributed by atoms with Crippen molar-refractivity contribution < 1.29 is 77.2 Å². The summed E-state index contributed by atoms with van der Waals surface area (Å²) in [5, 5.41) is 61.6. The maximum Gasteiger partial charge on any atom is 0.483 e. The number of azide groups is 1. The SMILES string of the molecule is [N-]=[N+]=Nc1cn([C@@H]2O[C@H](COP(=O)(O)O[32P](=O)(O)O[C@H]3O[C@H](C(=O)O)[C@@H](O)[C@H](O)[C@H]3O)[C@@H](O)[C@H]2O)c(=O)[nH]c1=O. The predicted molar refractivity (Wildman–Crippen MR) is 118 cm³/mol. The summed E-state index contributed by atoms with van der Waals surface area (Å²) < 4.78 is 47.5. The second kappa shape index (κ2) is 12.1. The molecule has 40 heavy (non-hydrogen) atoms. The lowest BCUT2D eigenvalue weighted by molar-refractivity contribution is -0.274. The number of ether oxygens (including phenoxy) is 2. The number of nitrogens with one attached hydrogen (secondary N) is 1. The van der Waals surface area contributed by atoms with Crippen LogP contribution in [0.1, 0.15) is 6.23 Å². The van der Waals surface area contributed by atoms with E-state index in [2.05, 4.69) is 28.1 Å². The van der Waals surface area contributed by atoms with Crippen LogP contribution in [0.15, 0.2) is 20.9 Å². The number of phosphoric ester groups is 2. The van der Waals surface area contributed by atoms with E-state index in [9.17, 15) is 58.8 Å². The Bertz CT molecular complexity index is 1380. The highest BCUT2D eigenvalue weighted by atomic mass is 32.2. The first-order valence-corrected chi connectivity index (χ1v) is 13.5. The predicted octanol–water partition coefficient (Wildman–Crippen LogP) is -3.76. The van der Waals surface area contributed by atoms with Crippen LogP contribution in [0.4, 0.5) is 5.69 Å². The molecule has 0 aliphatic carbocycles. The van der Waals surface area contributed by atoms with E-state index in [-0.39, 0.29) is 0 Å². The molecule has 2 aliphatic heterocycles. The fraction of sp³-hybridized carbons (Fsp3) is 0.667. The average molecular weight is 622 g/mol. The third kappa shape index (κ3) is 7.01. The van der Waals surface area contributed by atoms with Gasteiger partial charge in [0.2, 0.25) is 0 Å². The Morgan fingerprint density at radius 2 is 1.70 bits per heavy atom. The number of H-pyrrole nitrogens is 1.